The molecule has 0 amide bonds. The highest BCUT2D eigenvalue weighted by Crippen LogP contribution is 2.30. The topological polar surface area (TPSA) is 61.3 Å². The number of rotatable bonds is 3. The average Bonchev–Trinajstić information content (AvgIpc) is 2.68. The highest BCUT2D eigenvalue weighted by molar-refractivity contribution is 6.32. The van der Waals surface area contributed by atoms with Gasteiger partial charge < -0.3 is 15.0 Å². The van der Waals surface area contributed by atoms with E-state index in [2.05, 4.69) is 5.16 Å². The lowest BCUT2D eigenvalue weighted by Crippen LogP contribution is -1.91. The van der Waals surface area contributed by atoms with Crippen LogP contribution in [0.2, 0.25) is 5.02 Å². The molecule has 0 aliphatic heterocycles. The van der Waals surface area contributed by atoms with Crippen LogP contribution in [0, 0.1) is 0 Å². The van der Waals surface area contributed by atoms with E-state index in [1.54, 1.807) is 18.2 Å². The van der Waals surface area contributed by atoms with Gasteiger partial charge in [0.05, 0.1) is 11.6 Å². The van der Waals surface area contributed by atoms with Gasteiger partial charge >= 0.3 is 0 Å². The van der Waals surface area contributed by atoms with E-state index in [-0.39, 0.29) is 0 Å². The Morgan fingerprint density at radius 3 is 2.81 bits per heavy atom. The van der Waals surface area contributed by atoms with E-state index in [1.807, 2.05) is 13.0 Å². The number of nitrogen functional groups attached to an aromatic ring is 1. The smallest absolute Gasteiger partial charge is 0.169 e. The number of hydrogen-bond acceptors (Lipinski definition) is 4. The molecule has 16 heavy (non-hydrogen) atoms. The van der Waals surface area contributed by atoms with Crippen molar-refractivity contribution in [2.75, 3.05) is 12.3 Å². The fraction of sp³-hybridized carbons (Fsp3) is 0.182. The molecule has 1 heterocycles. The Balaban J connectivity index is 2.34. The van der Waals surface area contributed by atoms with Crippen molar-refractivity contribution in [3.05, 3.63) is 29.3 Å². The van der Waals surface area contributed by atoms with Gasteiger partial charge in [-0.3, -0.25) is 0 Å². The molecule has 0 aliphatic carbocycles. The third-order valence-corrected chi connectivity index (χ3v) is 2.34. The fourth-order valence-electron chi connectivity index (χ4n) is 1.35. The molecule has 2 rings (SSSR count). The third-order valence-electron chi connectivity index (χ3n) is 2.04. The van der Waals surface area contributed by atoms with Crippen LogP contribution in [0.25, 0.3) is 11.3 Å². The standard InChI is InChI=1S/C11H11ClN2O2/c1-2-15-9-4-3-7(5-8(9)12)10-6-11(13)14-16-10/h3-6H,2H2,1H3,(H2,13,14). The zero-order chi connectivity index (χ0) is 11.5. The van der Waals surface area contributed by atoms with E-state index in [0.717, 1.165) is 5.56 Å². The van der Waals surface area contributed by atoms with E-state index < -0.39 is 0 Å². The summed E-state index contributed by atoms with van der Waals surface area (Å²) in [5.41, 5.74) is 6.29. The molecule has 1 aromatic carbocycles. The minimum Gasteiger partial charge on any atom is -0.492 e. The van der Waals surface area contributed by atoms with E-state index in [9.17, 15) is 0 Å². The predicted molar refractivity (Wildman–Crippen MR) is 62.5 cm³/mol. The Hall–Kier alpha value is -1.68. The Kier molecular flexibility index (Phi) is 3.01. The maximum Gasteiger partial charge on any atom is 0.169 e. The maximum atomic E-state index is 6.05. The summed E-state index contributed by atoms with van der Waals surface area (Å²) in [6.07, 6.45) is 0. The number of nitrogens with zero attached hydrogens (tertiary/aromatic N) is 1. The fourth-order valence-corrected chi connectivity index (χ4v) is 1.59. The van der Waals surface area contributed by atoms with Gasteiger partial charge in [0.1, 0.15) is 5.75 Å². The first kappa shape index (κ1) is 10.8. The molecule has 1 aromatic heterocycles. The van der Waals surface area contributed by atoms with E-state index in [0.29, 0.717) is 29.0 Å². The SMILES string of the molecule is CCOc1ccc(-c2cc(N)no2)cc1Cl. The second-order valence-corrected chi connectivity index (χ2v) is 3.60. The zero-order valence-electron chi connectivity index (χ0n) is 8.74. The highest BCUT2D eigenvalue weighted by atomic mass is 35.5. The first-order valence-electron chi connectivity index (χ1n) is 4.85. The molecule has 0 radical (unpaired) electrons. The Labute approximate surface area is 97.9 Å². The summed E-state index contributed by atoms with van der Waals surface area (Å²) < 4.78 is 10.4. The Bertz CT molecular complexity index is 496. The number of benzene rings is 1. The van der Waals surface area contributed by atoms with Crippen molar-refractivity contribution >= 4 is 17.4 Å². The van der Waals surface area contributed by atoms with E-state index in [1.165, 1.54) is 0 Å². The van der Waals surface area contributed by atoms with Gasteiger partial charge in [-0.25, -0.2) is 0 Å². The lowest BCUT2D eigenvalue weighted by atomic mass is 10.1. The lowest BCUT2D eigenvalue weighted by Gasteiger charge is -2.05. The van der Waals surface area contributed by atoms with E-state index in [4.69, 9.17) is 26.6 Å². The van der Waals surface area contributed by atoms with Crippen molar-refractivity contribution in [2.24, 2.45) is 0 Å². The monoisotopic (exact) mass is 238 g/mol. The quantitative estimate of drug-likeness (QED) is 0.893. The molecule has 2 N–H and O–H groups in total. The molecule has 0 fully saturated rings. The molecule has 0 unspecified atom stereocenters. The molecule has 2 aromatic rings. The molecular formula is C11H11ClN2O2. The first-order valence-corrected chi connectivity index (χ1v) is 5.23. The van der Waals surface area contributed by atoms with Gasteiger partial charge in [-0.2, -0.15) is 0 Å². The van der Waals surface area contributed by atoms with Gasteiger partial charge in [-0.05, 0) is 25.1 Å². The molecule has 84 valence electrons. The van der Waals surface area contributed by atoms with Crippen LogP contribution in [0.1, 0.15) is 6.92 Å². The van der Waals surface area contributed by atoms with Crippen LogP contribution in [0.3, 0.4) is 0 Å². The second-order valence-electron chi connectivity index (χ2n) is 3.19. The first-order chi connectivity index (χ1) is 7.70. The van der Waals surface area contributed by atoms with Crippen LogP contribution in [-0.4, -0.2) is 11.8 Å². The summed E-state index contributed by atoms with van der Waals surface area (Å²) in [7, 11) is 0. The molecule has 0 bridgehead atoms. The van der Waals surface area contributed by atoms with Crippen LogP contribution in [0.4, 0.5) is 5.82 Å². The molecular weight excluding hydrogens is 228 g/mol. The number of aromatic nitrogens is 1. The van der Waals surface area contributed by atoms with Gasteiger partial charge in [0, 0.05) is 11.6 Å². The van der Waals surface area contributed by atoms with Crippen molar-refractivity contribution in [1.82, 2.24) is 5.16 Å². The summed E-state index contributed by atoms with van der Waals surface area (Å²) in [5.74, 6) is 1.59. The molecule has 4 nitrogen and oxygen atoms in total. The number of ether oxygens (including phenoxy) is 1. The number of hydrogen-bond donors (Lipinski definition) is 1. The normalized spacial score (nSPS) is 10.4. The van der Waals surface area contributed by atoms with Crippen molar-refractivity contribution < 1.29 is 9.26 Å². The van der Waals surface area contributed by atoms with Crippen LogP contribution < -0.4 is 10.5 Å². The molecule has 0 spiro atoms. The van der Waals surface area contributed by atoms with Crippen LogP contribution in [-0.2, 0) is 0 Å². The summed E-state index contributed by atoms with van der Waals surface area (Å²) >= 11 is 6.05. The minimum atomic E-state index is 0.347. The average molecular weight is 239 g/mol. The Morgan fingerprint density at radius 2 is 2.25 bits per heavy atom. The molecule has 0 saturated heterocycles. The third kappa shape index (κ3) is 2.12. The van der Waals surface area contributed by atoms with Crippen LogP contribution in [0.5, 0.6) is 5.75 Å². The minimum absolute atomic E-state index is 0.347. The predicted octanol–water partition coefficient (Wildman–Crippen LogP) is 2.98. The zero-order valence-corrected chi connectivity index (χ0v) is 9.49. The van der Waals surface area contributed by atoms with Crippen molar-refractivity contribution in [3.8, 4) is 17.1 Å². The largest absolute Gasteiger partial charge is 0.492 e. The van der Waals surface area contributed by atoms with Crippen molar-refractivity contribution in [1.29, 1.82) is 0 Å². The highest BCUT2D eigenvalue weighted by Gasteiger charge is 2.08. The lowest BCUT2D eigenvalue weighted by molar-refractivity contribution is 0.340. The summed E-state index contributed by atoms with van der Waals surface area (Å²) in [6, 6.07) is 7.04. The van der Waals surface area contributed by atoms with E-state index >= 15 is 0 Å². The summed E-state index contributed by atoms with van der Waals surface area (Å²) in [4.78, 5) is 0. The van der Waals surface area contributed by atoms with Gasteiger partial charge in [0.25, 0.3) is 0 Å². The maximum absolute atomic E-state index is 6.05. The van der Waals surface area contributed by atoms with Crippen LogP contribution >= 0.6 is 11.6 Å². The second kappa shape index (κ2) is 4.45. The molecule has 0 aliphatic rings. The summed E-state index contributed by atoms with van der Waals surface area (Å²) in [6.45, 7) is 2.48. The van der Waals surface area contributed by atoms with Crippen molar-refractivity contribution in [3.63, 3.8) is 0 Å². The Morgan fingerprint density at radius 1 is 1.44 bits per heavy atom. The molecule has 0 saturated carbocycles. The molecule has 0 atom stereocenters. The molecule has 5 heteroatoms. The van der Waals surface area contributed by atoms with Gasteiger partial charge in [-0.15, -0.1) is 0 Å². The van der Waals surface area contributed by atoms with Crippen LogP contribution in [0.15, 0.2) is 28.8 Å². The van der Waals surface area contributed by atoms with Crippen molar-refractivity contribution in [2.45, 2.75) is 6.92 Å². The number of halogens is 1. The van der Waals surface area contributed by atoms with Gasteiger partial charge in [0.2, 0.25) is 0 Å². The number of anilines is 1. The van der Waals surface area contributed by atoms with Gasteiger partial charge in [0.15, 0.2) is 11.6 Å². The number of nitrogens with two attached hydrogens (primary N) is 1. The van der Waals surface area contributed by atoms with Gasteiger partial charge in [-0.1, -0.05) is 16.8 Å². The summed E-state index contributed by atoms with van der Waals surface area (Å²) in [5, 5.41) is 4.15.